The van der Waals surface area contributed by atoms with Gasteiger partial charge in [0.15, 0.2) is 0 Å². The van der Waals surface area contributed by atoms with Crippen LogP contribution in [0.4, 0.5) is 0 Å². The Morgan fingerprint density at radius 3 is 2.08 bits per heavy atom. The summed E-state index contributed by atoms with van der Waals surface area (Å²) in [6.07, 6.45) is 0. The highest BCUT2D eigenvalue weighted by Gasteiger charge is 2.07. The second-order valence-electron chi connectivity index (χ2n) is 6.12. The Hall–Kier alpha value is -3.19. The lowest BCUT2D eigenvalue weighted by molar-refractivity contribution is 1.50. The number of pyridine rings is 1. The molecule has 0 saturated carbocycles. The molecular formula is C23H15N. The zero-order valence-corrected chi connectivity index (χ0v) is 13.1. The summed E-state index contributed by atoms with van der Waals surface area (Å²) < 4.78 is 0. The first-order valence-corrected chi connectivity index (χ1v) is 8.16. The van der Waals surface area contributed by atoms with E-state index in [4.69, 9.17) is 4.98 Å². The van der Waals surface area contributed by atoms with Gasteiger partial charge in [-0.15, -0.1) is 0 Å². The van der Waals surface area contributed by atoms with Gasteiger partial charge in [0.2, 0.25) is 0 Å². The average molecular weight is 305 g/mol. The molecule has 0 aliphatic rings. The Kier molecular flexibility index (Phi) is 2.86. The minimum atomic E-state index is 1.04. The number of fused-ring (bicyclic) bond motifs is 3. The largest absolute Gasteiger partial charge is 0.248 e. The number of aromatic nitrogens is 1. The van der Waals surface area contributed by atoms with E-state index in [1.807, 2.05) is 0 Å². The molecule has 0 fully saturated rings. The molecule has 0 bridgehead atoms. The summed E-state index contributed by atoms with van der Waals surface area (Å²) in [7, 11) is 0. The van der Waals surface area contributed by atoms with E-state index in [0.29, 0.717) is 0 Å². The third kappa shape index (κ3) is 2.06. The molecule has 0 radical (unpaired) electrons. The lowest BCUT2D eigenvalue weighted by Crippen LogP contribution is -1.86. The molecule has 0 spiro atoms. The van der Waals surface area contributed by atoms with Crippen LogP contribution in [0.3, 0.4) is 0 Å². The smallest absolute Gasteiger partial charge is 0.0716 e. The van der Waals surface area contributed by atoms with E-state index in [1.54, 1.807) is 0 Å². The minimum Gasteiger partial charge on any atom is -0.248 e. The van der Waals surface area contributed by atoms with Gasteiger partial charge in [0.05, 0.1) is 11.0 Å². The van der Waals surface area contributed by atoms with Crippen molar-refractivity contribution in [3.05, 3.63) is 91.0 Å². The summed E-state index contributed by atoms with van der Waals surface area (Å²) in [6.45, 7) is 0. The van der Waals surface area contributed by atoms with Crippen molar-refractivity contribution in [1.82, 2.24) is 4.98 Å². The number of nitrogens with zero attached hydrogens (tertiary/aromatic N) is 1. The highest BCUT2D eigenvalue weighted by molar-refractivity contribution is 6.04. The first-order valence-electron chi connectivity index (χ1n) is 8.16. The van der Waals surface area contributed by atoms with Gasteiger partial charge >= 0.3 is 0 Å². The normalized spacial score (nSPS) is 11.3. The Labute approximate surface area is 140 Å². The first-order chi connectivity index (χ1) is 11.9. The zero-order valence-electron chi connectivity index (χ0n) is 13.1. The van der Waals surface area contributed by atoms with Crippen LogP contribution in [0.15, 0.2) is 91.0 Å². The van der Waals surface area contributed by atoms with E-state index in [2.05, 4.69) is 91.0 Å². The van der Waals surface area contributed by atoms with Crippen LogP contribution in [0.2, 0.25) is 0 Å². The maximum absolute atomic E-state index is 4.91. The molecule has 4 aromatic carbocycles. The van der Waals surface area contributed by atoms with E-state index in [-0.39, 0.29) is 0 Å². The van der Waals surface area contributed by atoms with E-state index in [1.165, 1.54) is 32.7 Å². The molecule has 0 aliphatic carbocycles. The molecule has 112 valence electrons. The second kappa shape index (κ2) is 5.17. The highest BCUT2D eigenvalue weighted by Crippen LogP contribution is 2.31. The van der Waals surface area contributed by atoms with Crippen molar-refractivity contribution < 1.29 is 0 Å². The molecule has 0 unspecified atom stereocenters. The number of rotatable bonds is 1. The summed E-state index contributed by atoms with van der Waals surface area (Å²) in [4.78, 5) is 4.91. The predicted octanol–water partition coefficient (Wildman–Crippen LogP) is 6.21. The Morgan fingerprint density at radius 2 is 1.25 bits per heavy atom. The van der Waals surface area contributed by atoms with Crippen molar-refractivity contribution in [3.8, 4) is 11.1 Å². The Balaban J connectivity index is 1.87. The SMILES string of the molecule is c1ccc(-c2cccc3nc4cc5ccccc5cc4cc23)cc1. The molecule has 0 N–H and O–H groups in total. The Morgan fingerprint density at radius 1 is 0.500 bits per heavy atom. The molecule has 5 rings (SSSR count). The summed E-state index contributed by atoms with van der Waals surface area (Å²) in [6, 6.07) is 32.0. The molecule has 1 nitrogen and oxygen atoms in total. The van der Waals surface area contributed by atoms with Crippen LogP contribution in [0, 0.1) is 0 Å². The van der Waals surface area contributed by atoms with E-state index in [0.717, 1.165) is 11.0 Å². The second-order valence-corrected chi connectivity index (χ2v) is 6.12. The van der Waals surface area contributed by atoms with Crippen molar-refractivity contribution in [2.75, 3.05) is 0 Å². The molecule has 0 saturated heterocycles. The van der Waals surface area contributed by atoms with Crippen LogP contribution in [-0.4, -0.2) is 4.98 Å². The molecule has 24 heavy (non-hydrogen) atoms. The van der Waals surface area contributed by atoms with Gasteiger partial charge in [0.1, 0.15) is 0 Å². The maximum Gasteiger partial charge on any atom is 0.0716 e. The van der Waals surface area contributed by atoms with Crippen molar-refractivity contribution in [1.29, 1.82) is 0 Å². The molecule has 1 heteroatoms. The van der Waals surface area contributed by atoms with Crippen LogP contribution < -0.4 is 0 Å². The number of hydrogen-bond donors (Lipinski definition) is 0. The van der Waals surface area contributed by atoms with E-state index in [9.17, 15) is 0 Å². The number of hydrogen-bond acceptors (Lipinski definition) is 1. The van der Waals surface area contributed by atoms with Crippen molar-refractivity contribution in [3.63, 3.8) is 0 Å². The number of benzene rings is 4. The maximum atomic E-state index is 4.91. The average Bonchev–Trinajstić information content (AvgIpc) is 2.65. The summed E-state index contributed by atoms with van der Waals surface area (Å²) in [5.74, 6) is 0. The van der Waals surface area contributed by atoms with Gasteiger partial charge in [-0.3, -0.25) is 0 Å². The van der Waals surface area contributed by atoms with Gasteiger partial charge in [-0.2, -0.15) is 0 Å². The Bertz CT molecular complexity index is 1190. The zero-order chi connectivity index (χ0) is 15.9. The summed E-state index contributed by atoms with van der Waals surface area (Å²) in [5.41, 5.74) is 4.55. The lowest BCUT2D eigenvalue weighted by Gasteiger charge is -2.09. The quantitative estimate of drug-likeness (QED) is 0.336. The highest BCUT2D eigenvalue weighted by atomic mass is 14.7. The summed E-state index contributed by atoms with van der Waals surface area (Å²) >= 11 is 0. The van der Waals surface area contributed by atoms with Crippen LogP contribution in [-0.2, 0) is 0 Å². The third-order valence-corrected chi connectivity index (χ3v) is 4.60. The first kappa shape index (κ1) is 13.3. The predicted molar refractivity (Wildman–Crippen MR) is 102 cm³/mol. The fourth-order valence-corrected chi connectivity index (χ4v) is 3.42. The lowest BCUT2D eigenvalue weighted by atomic mass is 9.98. The van der Waals surface area contributed by atoms with Crippen LogP contribution in [0.25, 0.3) is 43.7 Å². The fraction of sp³-hybridized carbons (Fsp3) is 0. The molecule has 0 amide bonds. The molecule has 1 aromatic heterocycles. The van der Waals surface area contributed by atoms with Gasteiger partial charge in [-0.1, -0.05) is 66.7 Å². The van der Waals surface area contributed by atoms with Gasteiger partial charge in [0, 0.05) is 10.8 Å². The molecule has 0 atom stereocenters. The summed E-state index contributed by atoms with van der Waals surface area (Å²) in [5, 5.41) is 4.87. The molecule has 0 aliphatic heterocycles. The van der Waals surface area contributed by atoms with Crippen LogP contribution >= 0.6 is 0 Å². The minimum absolute atomic E-state index is 1.04. The monoisotopic (exact) mass is 305 g/mol. The third-order valence-electron chi connectivity index (χ3n) is 4.60. The van der Waals surface area contributed by atoms with E-state index >= 15 is 0 Å². The van der Waals surface area contributed by atoms with Crippen molar-refractivity contribution in [2.45, 2.75) is 0 Å². The van der Waals surface area contributed by atoms with Gasteiger partial charge in [-0.25, -0.2) is 4.98 Å². The van der Waals surface area contributed by atoms with Crippen LogP contribution in [0.1, 0.15) is 0 Å². The standard InChI is InChI=1S/C23H15N/c1-2-7-16(8-3-1)20-11-6-12-22-21(20)14-19-13-17-9-4-5-10-18(17)15-23(19)24-22/h1-15H. The van der Waals surface area contributed by atoms with E-state index < -0.39 is 0 Å². The van der Waals surface area contributed by atoms with Crippen LogP contribution in [0.5, 0.6) is 0 Å². The van der Waals surface area contributed by atoms with Crippen molar-refractivity contribution >= 4 is 32.6 Å². The van der Waals surface area contributed by atoms with Gasteiger partial charge < -0.3 is 0 Å². The van der Waals surface area contributed by atoms with Crippen molar-refractivity contribution in [2.24, 2.45) is 0 Å². The molecule has 5 aromatic rings. The molecular weight excluding hydrogens is 290 g/mol. The molecule has 1 heterocycles. The fourth-order valence-electron chi connectivity index (χ4n) is 3.42. The topological polar surface area (TPSA) is 12.9 Å². The van der Waals surface area contributed by atoms with Gasteiger partial charge in [-0.05, 0) is 46.2 Å². The van der Waals surface area contributed by atoms with Gasteiger partial charge in [0.25, 0.3) is 0 Å².